The van der Waals surface area contributed by atoms with Crippen LogP contribution in [0.2, 0.25) is 0 Å². The maximum Gasteiger partial charge on any atom is 0.317 e. The van der Waals surface area contributed by atoms with Crippen molar-refractivity contribution in [3.63, 3.8) is 0 Å². The van der Waals surface area contributed by atoms with Crippen LogP contribution in [0, 0.1) is 6.92 Å². The Morgan fingerprint density at radius 3 is 2.57 bits per heavy atom. The number of aromatic nitrogens is 4. The third-order valence-corrected chi connectivity index (χ3v) is 7.22. The van der Waals surface area contributed by atoms with E-state index in [0.717, 1.165) is 85.8 Å². The topological polar surface area (TPSA) is 79.2 Å². The first kappa shape index (κ1) is 23.6. The predicted molar refractivity (Wildman–Crippen MR) is 139 cm³/mol. The van der Waals surface area contributed by atoms with Crippen molar-refractivity contribution in [1.29, 1.82) is 0 Å². The van der Waals surface area contributed by atoms with Crippen LogP contribution in [-0.2, 0) is 6.42 Å². The van der Waals surface area contributed by atoms with Crippen LogP contribution in [0.25, 0.3) is 16.7 Å². The molecule has 0 atom stereocenters. The standard InChI is InChI=1S/C27H37N7O/c1-3-11-23-29-25(24-20(2)31-34(26(24)30-23)22-14-8-5-9-15-22)32-16-10-17-33(19-18-32)27(35)28-21-12-6-4-7-13-21/h5,8-9,14-15,21H,3-4,6-7,10-13,16-19H2,1-2H3,(H,28,35). The fourth-order valence-corrected chi connectivity index (χ4v) is 5.36. The van der Waals surface area contributed by atoms with Gasteiger partial charge in [-0.1, -0.05) is 44.4 Å². The molecule has 2 aliphatic rings. The van der Waals surface area contributed by atoms with Crippen molar-refractivity contribution in [2.75, 3.05) is 31.1 Å². The van der Waals surface area contributed by atoms with Crippen LogP contribution in [-0.4, -0.2) is 62.9 Å². The summed E-state index contributed by atoms with van der Waals surface area (Å²) < 4.78 is 1.94. The summed E-state index contributed by atoms with van der Waals surface area (Å²) in [7, 11) is 0. The third kappa shape index (κ3) is 5.11. The molecule has 1 saturated carbocycles. The van der Waals surface area contributed by atoms with Crippen LogP contribution >= 0.6 is 0 Å². The molecule has 5 rings (SSSR count). The maximum atomic E-state index is 13.0. The zero-order chi connectivity index (χ0) is 24.2. The minimum Gasteiger partial charge on any atom is -0.354 e. The number of aryl methyl sites for hydroxylation is 2. The molecule has 2 aromatic heterocycles. The van der Waals surface area contributed by atoms with Crippen molar-refractivity contribution < 1.29 is 4.79 Å². The second-order valence-corrected chi connectivity index (χ2v) is 9.86. The van der Waals surface area contributed by atoms with E-state index in [4.69, 9.17) is 15.1 Å². The molecular formula is C27H37N7O. The minimum absolute atomic E-state index is 0.0892. The molecular weight excluding hydrogens is 438 g/mol. The lowest BCUT2D eigenvalue weighted by molar-refractivity contribution is 0.193. The zero-order valence-corrected chi connectivity index (χ0v) is 21.0. The van der Waals surface area contributed by atoms with Gasteiger partial charge in [-0.2, -0.15) is 5.10 Å². The number of nitrogens with one attached hydrogen (secondary N) is 1. The first-order valence-corrected chi connectivity index (χ1v) is 13.3. The molecule has 8 nitrogen and oxygen atoms in total. The fraction of sp³-hybridized carbons (Fsp3) is 0.556. The van der Waals surface area contributed by atoms with Gasteiger partial charge >= 0.3 is 6.03 Å². The Bertz CT molecular complexity index is 1150. The highest BCUT2D eigenvalue weighted by Gasteiger charge is 2.26. The summed E-state index contributed by atoms with van der Waals surface area (Å²) in [5.74, 6) is 1.80. The molecule has 186 valence electrons. The van der Waals surface area contributed by atoms with E-state index in [1.165, 1.54) is 19.3 Å². The molecule has 3 heterocycles. The summed E-state index contributed by atoms with van der Waals surface area (Å²) in [6.45, 7) is 7.27. The van der Waals surface area contributed by atoms with Crippen molar-refractivity contribution >= 4 is 22.9 Å². The van der Waals surface area contributed by atoms with E-state index in [0.29, 0.717) is 12.6 Å². The Morgan fingerprint density at radius 2 is 1.80 bits per heavy atom. The number of amides is 2. The highest BCUT2D eigenvalue weighted by molar-refractivity contribution is 5.91. The van der Waals surface area contributed by atoms with Gasteiger partial charge in [0.25, 0.3) is 0 Å². The zero-order valence-electron chi connectivity index (χ0n) is 21.0. The minimum atomic E-state index is 0.0892. The molecule has 1 aromatic carbocycles. The Hall–Kier alpha value is -3.16. The maximum absolute atomic E-state index is 13.0. The number of benzene rings is 1. The predicted octanol–water partition coefficient (Wildman–Crippen LogP) is 4.63. The highest BCUT2D eigenvalue weighted by atomic mass is 16.2. The fourth-order valence-electron chi connectivity index (χ4n) is 5.36. The summed E-state index contributed by atoms with van der Waals surface area (Å²) in [5, 5.41) is 9.16. The first-order chi connectivity index (χ1) is 17.1. The Balaban J connectivity index is 1.41. The van der Waals surface area contributed by atoms with Crippen molar-refractivity contribution in [3.05, 3.63) is 41.9 Å². The average molecular weight is 476 g/mol. The summed E-state index contributed by atoms with van der Waals surface area (Å²) >= 11 is 0. The molecule has 0 spiro atoms. The van der Waals surface area contributed by atoms with Gasteiger partial charge in [0.1, 0.15) is 11.6 Å². The molecule has 1 aliphatic carbocycles. The van der Waals surface area contributed by atoms with E-state index in [2.05, 4.69) is 29.3 Å². The first-order valence-electron chi connectivity index (χ1n) is 13.3. The molecule has 0 unspecified atom stereocenters. The molecule has 2 fully saturated rings. The molecule has 0 bridgehead atoms. The van der Waals surface area contributed by atoms with Gasteiger partial charge in [0, 0.05) is 38.6 Å². The van der Waals surface area contributed by atoms with Crippen molar-refractivity contribution in [2.24, 2.45) is 0 Å². The van der Waals surface area contributed by atoms with Gasteiger partial charge in [-0.25, -0.2) is 19.4 Å². The molecule has 35 heavy (non-hydrogen) atoms. The number of hydrogen-bond donors (Lipinski definition) is 1. The summed E-state index contributed by atoms with van der Waals surface area (Å²) in [5.41, 5.74) is 2.79. The summed E-state index contributed by atoms with van der Waals surface area (Å²) in [6, 6.07) is 10.6. The monoisotopic (exact) mass is 475 g/mol. The van der Waals surface area contributed by atoms with Gasteiger partial charge in [0.05, 0.1) is 16.8 Å². The van der Waals surface area contributed by atoms with E-state index < -0.39 is 0 Å². The van der Waals surface area contributed by atoms with E-state index in [9.17, 15) is 4.79 Å². The van der Waals surface area contributed by atoms with Gasteiger partial charge in [-0.3, -0.25) is 0 Å². The van der Waals surface area contributed by atoms with Crippen molar-refractivity contribution in [3.8, 4) is 5.69 Å². The molecule has 1 aliphatic heterocycles. The highest BCUT2D eigenvalue weighted by Crippen LogP contribution is 2.30. The molecule has 2 amide bonds. The van der Waals surface area contributed by atoms with Crippen LogP contribution in [0.3, 0.4) is 0 Å². The second-order valence-electron chi connectivity index (χ2n) is 9.86. The lowest BCUT2D eigenvalue weighted by Crippen LogP contribution is -2.46. The quantitative estimate of drug-likeness (QED) is 0.582. The molecule has 1 saturated heterocycles. The Kier molecular flexibility index (Phi) is 7.16. The van der Waals surface area contributed by atoms with Crippen LogP contribution in [0.5, 0.6) is 0 Å². The Labute approximate surface area is 207 Å². The van der Waals surface area contributed by atoms with Crippen LogP contribution in [0.15, 0.2) is 30.3 Å². The van der Waals surface area contributed by atoms with E-state index >= 15 is 0 Å². The molecule has 3 aromatic rings. The SMILES string of the molecule is CCCc1nc(N2CCCN(C(=O)NC3CCCCC3)CC2)c2c(C)nn(-c3ccccc3)c2n1. The van der Waals surface area contributed by atoms with Crippen LogP contribution in [0.4, 0.5) is 10.6 Å². The third-order valence-electron chi connectivity index (χ3n) is 7.22. The summed E-state index contributed by atoms with van der Waals surface area (Å²) in [6.07, 6.45) is 8.67. The number of para-hydroxylation sites is 1. The second kappa shape index (κ2) is 10.6. The lowest BCUT2D eigenvalue weighted by atomic mass is 9.96. The van der Waals surface area contributed by atoms with Gasteiger partial charge < -0.3 is 15.1 Å². The van der Waals surface area contributed by atoms with Crippen molar-refractivity contribution in [1.82, 2.24) is 30.0 Å². The number of anilines is 1. The smallest absolute Gasteiger partial charge is 0.317 e. The summed E-state index contributed by atoms with van der Waals surface area (Å²) in [4.78, 5) is 27.3. The number of hydrogen-bond acceptors (Lipinski definition) is 5. The lowest BCUT2D eigenvalue weighted by Gasteiger charge is -2.28. The number of carbonyl (C=O) groups excluding carboxylic acids is 1. The number of fused-ring (bicyclic) bond motifs is 1. The molecule has 8 heteroatoms. The number of carbonyl (C=O) groups is 1. The van der Waals surface area contributed by atoms with Crippen LogP contribution < -0.4 is 10.2 Å². The molecule has 1 N–H and O–H groups in total. The molecule has 0 radical (unpaired) electrons. The number of rotatable bonds is 5. The van der Waals surface area contributed by atoms with E-state index in [-0.39, 0.29) is 6.03 Å². The number of urea groups is 1. The Morgan fingerprint density at radius 1 is 1.00 bits per heavy atom. The number of nitrogens with zero attached hydrogens (tertiary/aromatic N) is 6. The largest absolute Gasteiger partial charge is 0.354 e. The van der Waals surface area contributed by atoms with E-state index in [1.807, 2.05) is 34.7 Å². The van der Waals surface area contributed by atoms with E-state index in [1.54, 1.807) is 0 Å². The van der Waals surface area contributed by atoms with Crippen LogP contribution in [0.1, 0.15) is 63.4 Å². The van der Waals surface area contributed by atoms with Crippen molar-refractivity contribution in [2.45, 2.75) is 71.3 Å². The van der Waals surface area contributed by atoms with Gasteiger partial charge in [-0.05, 0) is 44.7 Å². The normalized spacial score (nSPS) is 17.5. The van der Waals surface area contributed by atoms with Gasteiger partial charge in [0.2, 0.25) is 0 Å². The van der Waals surface area contributed by atoms with Gasteiger partial charge in [0.15, 0.2) is 5.65 Å². The average Bonchev–Trinajstić information content (AvgIpc) is 3.05. The van der Waals surface area contributed by atoms with Gasteiger partial charge in [-0.15, -0.1) is 0 Å².